The Morgan fingerprint density at radius 3 is 2.07 bits per heavy atom. The fraction of sp³-hybridized carbons (Fsp3) is 0.227. The van der Waals surface area contributed by atoms with E-state index in [1.807, 2.05) is 18.5 Å². The summed E-state index contributed by atoms with van der Waals surface area (Å²) >= 11 is 0. The monoisotopic (exact) mass is 596 g/mol. The number of aliphatic imine (C=N–C) groups is 1. The van der Waals surface area contributed by atoms with Gasteiger partial charge in [-0.25, -0.2) is 0 Å². The van der Waals surface area contributed by atoms with Crippen molar-refractivity contribution < 1.29 is 0 Å². The number of aromatic nitrogens is 1. The first-order valence-electron chi connectivity index (χ1n) is 16.7. The van der Waals surface area contributed by atoms with Crippen molar-refractivity contribution in [2.24, 2.45) is 16.8 Å². The summed E-state index contributed by atoms with van der Waals surface area (Å²) in [6.45, 7) is 11.6. The van der Waals surface area contributed by atoms with Crippen LogP contribution >= 0.6 is 0 Å². The van der Waals surface area contributed by atoms with Crippen molar-refractivity contribution in [2.45, 2.75) is 52.4 Å². The lowest BCUT2D eigenvalue weighted by atomic mass is 9.69. The Kier molecular flexibility index (Phi) is 6.79. The Bertz CT molecular complexity index is 2190. The predicted octanol–water partition coefficient (Wildman–Crippen LogP) is 10.4. The molecule has 226 valence electrons. The maximum atomic E-state index is 4.76. The van der Waals surface area contributed by atoms with Crippen LogP contribution in [0.3, 0.4) is 0 Å². The number of allylic oxidation sites excluding steroid dienone is 1. The molecule has 2 heterocycles. The summed E-state index contributed by atoms with van der Waals surface area (Å²) in [5, 5.41) is 6.81. The molecule has 2 heteroatoms. The molecule has 0 fully saturated rings. The van der Waals surface area contributed by atoms with Crippen molar-refractivity contribution >= 4 is 32.8 Å². The molecule has 0 saturated carbocycles. The van der Waals surface area contributed by atoms with E-state index in [4.69, 9.17) is 4.99 Å². The van der Waals surface area contributed by atoms with Crippen molar-refractivity contribution in [3.8, 4) is 11.3 Å². The Labute approximate surface area is 272 Å². The zero-order chi connectivity index (χ0) is 31.6. The van der Waals surface area contributed by atoms with E-state index in [1.165, 1.54) is 65.9 Å². The molecule has 0 saturated heterocycles. The molecule has 0 radical (unpaired) electrons. The summed E-state index contributed by atoms with van der Waals surface area (Å²) in [5.74, 6) is 0.944. The molecule has 0 bridgehead atoms. The molecule has 8 rings (SSSR count). The largest absolute Gasteiger partial charge is 0.261 e. The van der Waals surface area contributed by atoms with E-state index in [0.29, 0.717) is 5.92 Å². The molecule has 5 aromatic carbocycles. The highest BCUT2D eigenvalue weighted by Gasteiger charge is 2.32. The smallest absolute Gasteiger partial charge is 0.0701 e. The van der Waals surface area contributed by atoms with Gasteiger partial charge in [-0.15, -0.1) is 0 Å². The van der Waals surface area contributed by atoms with E-state index in [0.717, 1.165) is 17.7 Å². The van der Waals surface area contributed by atoms with Gasteiger partial charge in [-0.05, 0) is 90.0 Å². The molecular weight excluding hydrogens is 556 g/mol. The van der Waals surface area contributed by atoms with Crippen molar-refractivity contribution in [1.82, 2.24) is 4.98 Å². The SMILES string of the molecule is CC1CC=CN=C1c1ccc(C2c3ccc4cc(C(C)(C)C)cc5ccc(c3c45)=C(c3ccc(-c4ccccn4)cc3)[C@@H]2C)cc1. The van der Waals surface area contributed by atoms with E-state index >= 15 is 0 Å². The molecule has 1 aromatic heterocycles. The van der Waals surface area contributed by atoms with Crippen LogP contribution in [0.4, 0.5) is 0 Å². The minimum atomic E-state index is 0.0831. The van der Waals surface area contributed by atoms with Gasteiger partial charge in [0.25, 0.3) is 0 Å². The van der Waals surface area contributed by atoms with Crippen LogP contribution in [0.2, 0.25) is 0 Å². The molecule has 6 aromatic rings. The summed E-state index contributed by atoms with van der Waals surface area (Å²) in [6.07, 6.45) is 7.03. The van der Waals surface area contributed by atoms with Gasteiger partial charge in [0.05, 0.1) is 11.4 Å². The van der Waals surface area contributed by atoms with Gasteiger partial charge in [0, 0.05) is 29.8 Å². The van der Waals surface area contributed by atoms with Crippen molar-refractivity contribution in [3.63, 3.8) is 0 Å². The van der Waals surface area contributed by atoms with Crippen LogP contribution in [-0.2, 0) is 5.41 Å². The highest BCUT2D eigenvalue weighted by Crippen LogP contribution is 2.46. The van der Waals surface area contributed by atoms with Crippen LogP contribution in [0.25, 0.3) is 38.4 Å². The van der Waals surface area contributed by atoms with Crippen LogP contribution in [0.5, 0.6) is 0 Å². The van der Waals surface area contributed by atoms with Gasteiger partial charge < -0.3 is 0 Å². The quantitative estimate of drug-likeness (QED) is 0.199. The van der Waals surface area contributed by atoms with E-state index in [9.17, 15) is 0 Å². The summed E-state index contributed by atoms with van der Waals surface area (Å²) in [5.41, 5.74) is 11.5. The molecule has 0 spiro atoms. The van der Waals surface area contributed by atoms with E-state index in [2.05, 4.69) is 143 Å². The molecule has 1 aliphatic heterocycles. The molecule has 46 heavy (non-hydrogen) atoms. The minimum Gasteiger partial charge on any atom is -0.261 e. The Morgan fingerprint density at radius 2 is 1.39 bits per heavy atom. The Hall–Kier alpha value is -4.82. The first-order valence-corrected chi connectivity index (χ1v) is 16.7. The standard InChI is InChI=1S/C44H40N2/c1-27-9-8-24-46-43(27)32-17-15-31(16-18-32)40-28(2)39(30-13-11-29(12-14-30)38-10-6-7-23-45-38)36-21-19-33-25-35(44(3,4)5)26-34-20-22-37(40)42(36)41(33)34/h6-8,10-28,40H,9H2,1-5H3/t27?,28-,40?/m0/s1. The van der Waals surface area contributed by atoms with Crippen LogP contribution in [0.15, 0.2) is 127 Å². The molecule has 2 unspecified atom stereocenters. The fourth-order valence-corrected chi connectivity index (χ4v) is 7.89. The van der Waals surface area contributed by atoms with Crippen LogP contribution in [0.1, 0.15) is 74.8 Å². The van der Waals surface area contributed by atoms with Crippen LogP contribution in [-0.4, -0.2) is 10.7 Å². The maximum absolute atomic E-state index is 4.76. The predicted molar refractivity (Wildman–Crippen MR) is 194 cm³/mol. The molecule has 3 atom stereocenters. The molecular formula is C44H40N2. The van der Waals surface area contributed by atoms with Crippen molar-refractivity contribution in [1.29, 1.82) is 0 Å². The maximum Gasteiger partial charge on any atom is 0.0701 e. The topological polar surface area (TPSA) is 25.2 Å². The van der Waals surface area contributed by atoms with Crippen molar-refractivity contribution in [3.05, 3.63) is 155 Å². The van der Waals surface area contributed by atoms with Gasteiger partial charge >= 0.3 is 0 Å². The molecule has 1 aliphatic carbocycles. The van der Waals surface area contributed by atoms with Crippen LogP contribution in [0, 0.1) is 11.8 Å². The van der Waals surface area contributed by atoms with Gasteiger partial charge in [0.1, 0.15) is 0 Å². The van der Waals surface area contributed by atoms with E-state index < -0.39 is 0 Å². The average molecular weight is 597 g/mol. The summed E-state index contributed by atoms with van der Waals surface area (Å²) in [7, 11) is 0. The zero-order valence-corrected chi connectivity index (χ0v) is 27.4. The van der Waals surface area contributed by atoms with Gasteiger partial charge in [-0.1, -0.05) is 132 Å². The van der Waals surface area contributed by atoms with E-state index in [-0.39, 0.29) is 17.3 Å². The van der Waals surface area contributed by atoms with Gasteiger partial charge in [0.2, 0.25) is 0 Å². The number of benzene rings is 5. The zero-order valence-electron chi connectivity index (χ0n) is 27.4. The molecule has 2 nitrogen and oxygen atoms in total. The Morgan fingerprint density at radius 1 is 0.696 bits per heavy atom. The highest BCUT2D eigenvalue weighted by molar-refractivity contribution is 6.13. The number of pyridine rings is 1. The third kappa shape index (κ3) is 4.70. The fourth-order valence-electron chi connectivity index (χ4n) is 7.89. The Balaban J connectivity index is 1.34. The van der Waals surface area contributed by atoms with Gasteiger partial charge in [-0.2, -0.15) is 0 Å². The van der Waals surface area contributed by atoms with Crippen LogP contribution < -0.4 is 5.22 Å². The second kappa shape index (κ2) is 10.9. The van der Waals surface area contributed by atoms with E-state index in [1.54, 1.807) is 0 Å². The first-order chi connectivity index (χ1) is 22.3. The van der Waals surface area contributed by atoms with Crippen molar-refractivity contribution in [2.75, 3.05) is 0 Å². The number of rotatable bonds is 4. The number of hydrogen-bond donors (Lipinski definition) is 0. The summed E-state index contributed by atoms with van der Waals surface area (Å²) in [6, 6.07) is 38.8. The normalized spacial score (nSPS) is 19.5. The molecule has 2 aliphatic rings. The third-order valence-electron chi connectivity index (χ3n) is 10.3. The van der Waals surface area contributed by atoms with Gasteiger partial charge in [0.15, 0.2) is 0 Å². The first kappa shape index (κ1) is 28.6. The number of nitrogens with zero attached hydrogens (tertiary/aromatic N) is 2. The molecule has 0 amide bonds. The third-order valence-corrected chi connectivity index (χ3v) is 10.3. The second-order valence-electron chi connectivity index (χ2n) is 14.3. The summed E-state index contributed by atoms with van der Waals surface area (Å²) in [4.78, 5) is 9.35. The summed E-state index contributed by atoms with van der Waals surface area (Å²) < 4.78 is 0. The minimum absolute atomic E-state index is 0.0831. The highest BCUT2D eigenvalue weighted by atomic mass is 14.7. The average Bonchev–Trinajstić information content (AvgIpc) is 3.07. The lowest BCUT2D eigenvalue weighted by Gasteiger charge is -2.34. The molecule has 0 N–H and O–H groups in total. The lowest BCUT2D eigenvalue weighted by molar-refractivity contribution is 0.591. The lowest BCUT2D eigenvalue weighted by Crippen LogP contribution is -2.27. The number of hydrogen-bond acceptors (Lipinski definition) is 2. The van der Waals surface area contributed by atoms with Gasteiger partial charge in [-0.3, -0.25) is 9.98 Å². The second-order valence-corrected chi connectivity index (χ2v) is 14.3.